The molecule has 2 atom stereocenters. The number of carboxylic acid groups (broad SMARTS) is 2. The van der Waals surface area contributed by atoms with Crippen LogP contribution < -0.4 is 11.5 Å². The van der Waals surface area contributed by atoms with Crippen molar-refractivity contribution in [2.24, 2.45) is 17.4 Å². The minimum absolute atomic E-state index is 0.0208. The van der Waals surface area contributed by atoms with E-state index in [1.54, 1.807) is 26.0 Å². The number of phenolic OH excluding ortho intramolecular Hbond substituents is 1. The average Bonchev–Trinajstić information content (AvgIpc) is 2.40. The van der Waals surface area contributed by atoms with Crippen LogP contribution >= 0.6 is 0 Å². The van der Waals surface area contributed by atoms with E-state index >= 15 is 0 Å². The lowest BCUT2D eigenvalue weighted by atomic mass is 10.1. The van der Waals surface area contributed by atoms with Crippen molar-refractivity contribution in [3.05, 3.63) is 29.8 Å². The van der Waals surface area contributed by atoms with Gasteiger partial charge in [0.2, 0.25) is 0 Å². The molecule has 0 aliphatic carbocycles. The van der Waals surface area contributed by atoms with E-state index in [9.17, 15) is 9.59 Å². The van der Waals surface area contributed by atoms with Crippen LogP contribution in [0.15, 0.2) is 24.3 Å². The zero-order chi connectivity index (χ0) is 16.6. The van der Waals surface area contributed by atoms with E-state index in [1.807, 2.05) is 0 Å². The lowest BCUT2D eigenvalue weighted by molar-refractivity contribution is -0.140. The molecule has 0 saturated carbocycles. The summed E-state index contributed by atoms with van der Waals surface area (Å²) in [6.45, 7) is 3.55. The number of nitrogens with two attached hydrogens (primary N) is 2. The summed E-state index contributed by atoms with van der Waals surface area (Å²) in [5.41, 5.74) is 11.3. The van der Waals surface area contributed by atoms with Gasteiger partial charge in [0.05, 0.1) is 0 Å². The number of hydrogen-bond donors (Lipinski definition) is 5. The summed E-state index contributed by atoms with van der Waals surface area (Å²) < 4.78 is 0. The van der Waals surface area contributed by atoms with E-state index in [0.717, 1.165) is 5.56 Å². The maximum absolute atomic E-state index is 10.4. The van der Waals surface area contributed by atoms with Gasteiger partial charge in [-0.15, -0.1) is 0 Å². The molecule has 0 radical (unpaired) electrons. The number of rotatable bonds is 5. The Balaban J connectivity index is 0.000000433. The van der Waals surface area contributed by atoms with Crippen LogP contribution in [0.1, 0.15) is 19.4 Å². The first-order valence-corrected chi connectivity index (χ1v) is 6.39. The molecule has 1 aromatic rings. The smallest absolute Gasteiger partial charge is 0.320 e. The molecule has 1 rings (SSSR count). The number of aliphatic carboxylic acids is 2. The van der Waals surface area contributed by atoms with Crippen molar-refractivity contribution < 1.29 is 24.9 Å². The summed E-state index contributed by atoms with van der Waals surface area (Å²) in [4.78, 5) is 20.4. The van der Waals surface area contributed by atoms with Crippen molar-refractivity contribution in [1.82, 2.24) is 0 Å². The molecule has 1 aromatic carbocycles. The quantitative estimate of drug-likeness (QED) is 0.528. The third-order valence-electron chi connectivity index (χ3n) is 2.71. The van der Waals surface area contributed by atoms with E-state index in [1.165, 1.54) is 12.1 Å². The molecule has 118 valence electrons. The Labute approximate surface area is 123 Å². The molecule has 0 amide bonds. The van der Waals surface area contributed by atoms with Crippen molar-refractivity contribution in [3.63, 3.8) is 0 Å². The molecule has 0 bridgehead atoms. The monoisotopic (exact) mass is 298 g/mol. The lowest BCUT2D eigenvalue weighted by Crippen LogP contribution is -2.34. The average molecular weight is 298 g/mol. The van der Waals surface area contributed by atoms with Gasteiger partial charge in [-0.25, -0.2) is 0 Å². The molecule has 0 unspecified atom stereocenters. The molecule has 7 heteroatoms. The summed E-state index contributed by atoms with van der Waals surface area (Å²) in [5.74, 6) is -1.77. The van der Waals surface area contributed by atoms with Crippen LogP contribution in [0, 0.1) is 5.92 Å². The zero-order valence-corrected chi connectivity index (χ0v) is 12.1. The number of benzene rings is 1. The lowest BCUT2D eigenvalue weighted by Gasteiger charge is -2.07. The van der Waals surface area contributed by atoms with Gasteiger partial charge in [0.1, 0.15) is 17.8 Å². The number of carbonyl (C=O) groups is 2. The van der Waals surface area contributed by atoms with Gasteiger partial charge >= 0.3 is 11.9 Å². The molecule has 0 fully saturated rings. The third-order valence-corrected chi connectivity index (χ3v) is 2.71. The van der Waals surface area contributed by atoms with Crippen molar-refractivity contribution in [3.8, 4) is 5.75 Å². The predicted molar refractivity (Wildman–Crippen MR) is 77.9 cm³/mol. The second-order valence-electron chi connectivity index (χ2n) is 4.92. The maximum atomic E-state index is 10.4. The normalized spacial score (nSPS) is 13.0. The third kappa shape index (κ3) is 7.91. The van der Waals surface area contributed by atoms with Crippen LogP contribution in [-0.4, -0.2) is 39.3 Å². The van der Waals surface area contributed by atoms with Crippen molar-refractivity contribution in [1.29, 1.82) is 0 Å². The van der Waals surface area contributed by atoms with Gasteiger partial charge < -0.3 is 26.8 Å². The standard InChI is InChI=1S/C9H11NO3.C5H11NO2/c10-8(9(12)13)5-6-1-3-7(11)4-2-6;1-3(2)4(6)5(7)8/h1-4,8,11H,5,10H2,(H,12,13);3-4H,6H2,1-2H3,(H,7,8)/t8-;4-/m01/s1. The Morgan fingerprint density at radius 2 is 1.52 bits per heavy atom. The highest BCUT2D eigenvalue weighted by Crippen LogP contribution is 2.10. The minimum Gasteiger partial charge on any atom is -0.508 e. The molecule has 0 heterocycles. The minimum atomic E-state index is -1.02. The summed E-state index contributed by atoms with van der Waals surface area (Å²) in [6, 6.07) is 4.71. The SMILES string of the molecule is CC(C)[C@@H](N)C(=O)O.N[C@@H](Cc1ccc(O)cc1)C(=O)O. The van der Waals surface area contributed by atoms with Gasteiger partial charge in [0.25, 0.3) is 0 Å². The fourth-order valence-corrected chi connectivity index (χ4v) is 1.26. The second-order valence-corrected chi connectivity index (χ2v) is 4.92. The molecule has 7 nitrogen and oxygen atoms in total. The van der Waals surface area contributed by atoms with Gasteiger partial charge in [-0.05, 0) is 30.0 Å². The van der Waals surface area contributed by atoms with Crippen molar-refractivity contribution >= 4 is 11.9 Å². The van der Waals surface area contributed by atoms with E-state index in [2.05, 4.69) is 0 Å². The second kappa shape index (κ2) is 8.93. The van der Waals surface area contributed by atoms with Crippen LogP contribution in [0.3, 0.4) is 0 Å². The fourth-order valence-electron chi connectivity index (χ4n) is 1.26. The van der Waals surface area contributed by atoms with E-state index in [4.69, 9.17) is 26.8 Å². The zero-order valence-electron chi connectivity index (χ0n) is 12.1. The predicted octanol–water partition coefficient (Wildman–Crippen LogP) is 0.401. The Morgan fingerprint density at radius 3 is 1.81 bits per heavy atom. The number of hydrogen-bond acceptors (Lipinski definition) is 5. The van der Waals surface area contributed by atoms with Gasteiger partial charge in [0, 0.05) is 0 Å². The molecule has 7 N–H and O–H groups in total. The molecule has 0 aliphatic rings. The van der Waals surface area contributed by atoms with Gasteiger partial charge in [-0.2, -0.15) is 0 Å². The molecular weight excluding hydrogens is 276 g/mol. The number of carboxylic acids is 2. The topological polar surface area (TPSA) is 147 Å². The Morgan fingerprint density at radius 1 is 1.05 bits per heavy atom. The molecule has 0 aromatic heterocycles. The maximum Gasteiger partial charge on any atom is 0.320 e. The number of phenols is 1. The molecule has 0 saturated heterocycles. The first-order valence-electron chi connectivity index (χ1n) is 6.39. The van der Waals surface area contributed by atoms with Crippen molar-refractivity contribution in [2.75, 3.05) is 0 Å². The molecule has 21 heavy (non-hydrogen) atoms. The van der Waals surface area contributed by atoms with Crippen molar-refractivity contribution in [2.45, 2.75) is 32.4 Å². The van der Waals surface area contributed by atoms with Crippen LogP contribution in [0.4, 0.5) is 0 Å². The highest BCUT2D eigenvalue weighted by atomic mass is 16.4. The van der Waals surface area contributed by atoms with Gasteiger partial charge in [-0.1, -0.05) is 26.0 Å². The Kier molecular flexibility index (Phi) is 8.03. The van der Waals surface area contributed by atoms with E-state index < -0.39 is 24.0 Å². The van der Waals surface area contributed by atoms with E-state index in [-0.39, 0.29) is 18.1 Å². The molecular formula is C14H22N2O5. The van der Waals surface area contributed by atoms with Crippen LogP contribution in [0.5, 0.6) is 5.75 Å². The Hall–Kier alpha value is -2.12. The van der Waals surface area contributed by atoms with Crippen LogP contribution in [0.2, 0.25) is 0 Å². The molecule has 0 spiro atoms. The van der Waals surface area contributed by atoms with Gasteiger partial charge in [0.15, 0.2) is 0 Å². The first-order chi connectivity index (χ1) is 9.65. The fraction of sp³-hybridized carbons (Fsp3) is 0.429. The number of aromatic hydroxyl groups is 1. The van der Waals surface area contributed by atoms with E-state index in [0.29, 0.717) is 0 Å². The highest BCUT2D eigenvalue weighted by molar-refractivity contribution is 5.73. The highest BCUT2D eigenvalue weighted by Gasteiger charge is 2.14. The van der Waals surface area contributed by atoms with Gasteiger partial charge in [-0.3, -0.25) is 9.59 Å². The van der Waals surface area contributed by atoms with Crippen LogP contribution in [0.25, 0.3) is 0 Å². The summed E-state index contributed by atoms with van der Waals surface area (Å²) in [6.07, 6.45) is 0.273. The molecule has 0 aliphatic heterocycles. The Bertz CT molecular complexity index is 459. The summed E-state index contributed by atoms with van der Waals surface area (Å²) in [5, 5.41) is 25.7. The summed E-state index contributed by atoms with van der Waals surface area (Å²) in [7, 11) is 0. The summed E-state index contributed by atoms with van der Waals surface area (Å²) >= 11 is 0. The largest absolute Gasteiger partial charge is 0.508 e. The van der Waals surface area contributed by atoms with Crippen LogP contribution in [-0.2, 0) is 16.0 Å². The first kappa shape index (κ1) is 18.9.